The lowest BCUT2D eigenvalue weighted by Crippen LogP contribution is -2.35. The molecule has 1 N–H and O–H groups in total. The van der Waals surface area contributed by atoms with Gasteiger partial charge in [-0.05, 0) is 43.2 Å². The van der Waals surface area contributed by atoms with Crippen LogP contribution in [0.1, 0.15) is 38.2 Å². The smallest absolute Gasteiger partial charge is 0.0598 e. The summed E-state index contributed by atoms with van der Waals surface area (Å²) in [6.07, 6.45) is 9.34. The summed E-state index contributed by atoms with van der Waals surface area (Å²) < 4.78 is 0. The van der Waals surface area contributed by atoms with Gasteiger partial charge in [0.1, 0.15) is 0 Å². The van der Waals surface area contributed by atoms with Crippen molar-refractivity contribution in [3.63, 3.8) is 0 Å². The Morgan fingerprint density at radius 3 is 3.06 bits per heavy atom. The Kier molecular flexibility index (Phi) is 3.50. The predicted molar refractivity (Wildman–Crippen MR) is 74.7 cm³/mol. The third-order valence-electron chi connectivity index (χ3n) is 4.04. The van der Waals surface area contributed by atoms with Gasteiger partial charge in [0.05, 0.1) is 11.9 Å². The molecule has 0 aromatic carbocycles. The third-order valence-corrected chi connectivity index (χ3v) is 4.04. The topological polar surface area (TPSA) is 28.2 Å². The van der Waals surface area contributed by atoms with Crippen LogP contribution < -0.4 is 10.2 Å². The molecule has 0 spiro atoms. The van der Waals surface area contributed by atoms with Gasteiger partial charge in [-0.1, -0.05) is 6.92 Å². The number of anilines is 1. The molecule has 3 heteroatoms. The Morgan fingerprint density at radius 2 is 2.28 bits per heavy atom. The normalized spacial score (nSPS) is 24.3. The number of nitrogens with one attached hydrogen (secondary N) is 1. The molecule has 0 amide bonds. The van der Waals surface area contributed by atoms with Gasteiger partial charge in [0, 0.05) is 31.9 Å². The summed E-state index contributed by atoms with van der Waals surface area (Å²) in [6, 6.07) is 2.94. The first-order chi connectivity index (χ1) is 8.83. The first-order valence-corrected chi connectivity index (χ1v) is 7.24. The predicted octanol–water partition coefficient (Wildman–Crippen LogP) is 2.57. The summed E-state index contributed by atoms with van der Waals surface area (Å²) >= 11 is 0. The minimum atomic E-state index is 0.770. The molecule has 1 aliphatic heterocycles. The van der Waals surface area contributed by atoms with E-state index in [0.717, 1.165) is 18.5 Å². The zero-order valence-corrected chi connectivity index (χ0v) is 11.2. The minimum absolute atomic E-state index is 0.770. The maximum absolute atomic E-state index is 4.32. The van der Waals surface area contributed by atoms with Crippen molar-refractivity contribution >= 4 is 5.69 Å². The third kappa shape index (κ3) is 2.83. The van der Waals surface area contributed by atoms with Crippen LogP contribution >= 0.6 is 0 Å². The molecular weight excluding hydrogens is 222 g/mol. The minimum Gasteiger partial charge on any atom is -0.370 e. The molecule has 1 saturated carbocycles. The molecule has 3 rings (SSSR count). The van der Waals surface area contributed by atoms with E-state index in [-0.39, 0.29) is 0 Å². The van der Waals surface area contributed by atoms with Crippen LogP contribution in [0.2, 0.25) is 0 Å². The molecule has 0 radical (unpaired) electrons. The number of hydrogen-bond donors (Lipinski definition) is 1. The van der Waals surface area contributed by atoms with Crippen LogP contribution in [0.25, 0.3) is 0 Å². The Hall–Kier alpha value is -1.09. The van der Waals surface area contributed by atoms with Gasteiger partial charge in [0.25, 0.3) is 0 Å². The fraction of sp³-hybridized carbons (Fsp3) is 0.667. The van der Waals surface area contributed by atoms with Gasteiger partial charge >= 0.3 is 0 Å². The molecule has 98 valence electrons. The first-order valence-electron chi connectivity index (χ1n) is 7.24. The Labute approximate surface area is 110 Å². The monoisotopic (exact) mass is 245 g/mol. The Balaban J connectivity index is 1.72. The number of rotatable bonds is 4. The summed E-state index contributed by atoms with van der Waals surface area (Å²) in [5.41, 5.74) is 2.75. The zero-order chi connectivity index (χ0) is 12.4. The molecule has 0 bridgehead atoms. The second-order valence-electron chi connectivity index (χ2n) is 5.85. The van der Waals surface area contributed by atoms with E-state index in [1.165, 1.54) is 50.0 Å². The van der Waals surface area contributed by atoms with Gasteiger partial charge in [-0.3, -0.25) is 4.98 Å². The van der Waals surface area contributed by atoms with E-state index in [1.54, 1.807) is 0 Å². The van der Waals surface area contributed by atoms with E-state index < -0.39 is 0 Å². The van der Waals surface area contributed by atoms with Crippen LogP contribution in [-0.4, -0.2) is 24.1 Å². The van der Waals surface area contributed by atoms with Crippen LogP contribution in [0, 0.1) is 5.92 Å². The summed E-state index contributed by atoms with van der Waals surface area (Å²) in [4.78, 5) is 6.84. The molecular formula is C15H23N3. The molecule has 1 aromatic heterocycles. The number of nitrogens with zero attached hydrogens (tertiary/aromatic N) is 2. The van der Waals surface area contributed by atoms with Gasteiger partial charge < -0.3 is 10.2 Å². The summed E-state index contributed by atoms with van der Waals surface area (Å²) in [5.74, 6) is 0.809. The van der Waals surface area contributed by atoms with Gasteiger partial charge in [-0.2, -0.15) is 0 Å². The molecule has 2 fully saturated rings. The van der Waals surface area contributed by atoms with E-state index in [0.29, 0.717) is 0 Å². The van der Waals surface area contributed by atoms with Crippen LogP contribution in [0.4, 0.5) is 5.69 Å². The Bertz CT molecular complexity index is 400. The largest absolute Gasteiger partial charge is 0.370 e. The highest BCUT2D eigenvalue weighted by atomic mass is 15.1. The average Bonchev–Trinajstić information content (AvgIpc) is 3.21. The number of aromatic nitrogens is 1. The number of hydrogen-bond acceptors (Lipinski definition) is 3. The van der Waals surface area contributed by atoms with E-state index in [2.05, 4.69) is 28.2 Å². The highest BCUT2D eigenvalue weighted by Gasteiger charge is 2.22. The van der Waals surface area contributed by atoms with Crippen LogP contribution in [0.15, 0.2) is 18.5 Å². The van der Waals surface area contributed by atoms with Gasteiger partial charge in [0.15, 0.2) is 0 Å². The quantitative estimate of drug-likeness (QED) is 0.883. The van der Waals surface area contributed by atoms with Crippen molar-refractivity contribution in [2.24, 2.45) is 5.92 Å². The second kappa shape index (κ2) is 5.27. The van der Waals surface area contributed by atoms with Crippen molar-refractivity contribution in [1.82, 2.24) is 10.3 Å². The van der Waals surface area contributed by atoms with E-state index in [4.69, 9.17) is 0 Å². The first kappa shape index (κ1) is 12.0. The van der Waals surface area contributed by atoms with Crippen LogP contribution in [-0.2, 0) is 6.54 Å². The molecule has 3 nitrogen and oxygen atoms in total. The van der Waals surface area contributed by atoms with E-state index >= 15 is 0 Å². The lowest BCUT2D eigenvalue weighted by Gasteiger charge is -2.33. The molecule has 1 unspecified atom stereocenters. The van der Waals surface area contributed by atoms with E-state index in [9.17, 15) is 0 Å². The van der Waals surface area contributed by atoms with Crippen molar-refractivity contribution in [2.45, 2.75) is 45.2 Å². The highest BCUT2D eigenvalue weighted by Crippen LogP contribution is 2.26. The molecule has 2 aliphatic rings. The lowest BCUT2D eigenvalue weighted by atomic mass is 9.99. The lowest BCUT2D eigenvalue weighted by molar-refractivity contribution is 0.445. The fourth-order valence-electron chi connectivity index (χ4n) is 2.80. The van der Waals surface area contributed by atoms with Crippen molar-refractivity contribution in [1.29, 1.82) is 0 Å². The number of pyridine rings is 1. The molecule has 1 aliphatic carbocycles. The van der Waals surface area contributed by atoms with Crippen LogP contribution in [0.5, 0.6) is 0 Å². The highest BCUT2D eigenvalue weighted by molar-refractivity contribution is 5.52. The standard InChI is InChI=1S/C15H23N3/c1-12-3-2-8-18(11-12)15-10-16-7-6-13(15)9-17-14-4-5-14/h6-7,10,12,14,17H,2-5,8-9,11H2,1H3. The maximum Gasteiger partial charge on any atom is 0.0598 e. The van der Waals surface area contributed by atoms with Crippen molar-refractivity contribution in [3.05, 3.63) is 24.0 Å². The molecule has 18 heavy (non-hydrogen) atoms. The molecule has 1 aromatic rings. The Morgan fingerprint density at radius 1 is 1.39 bits per heavy atom. The van der Waals surface area contributed by atoms with Crippen molar-refractivity contribution < 1.29 is 0 Å². The van der Waals surface area contributed by atoms with E-state index in [1.807, 2.05) is 12.4 Å². The van der Waals surface area contributed by atoms with Crippen LogP contribution in [0.3, 0.4) is 0 Å². The SMILES string of the molecule is CC1CCCN(c2cnccc2CNC2CC2)C1. The summed E-state index contributed by atoms with van der Waals surface area (Å²) in [6.45, 7) is 5.71. The molecule has 1 saturated heterocycles. The summed E-state index contributed by atoms with van der Waals surface area (Å²) in [7, 11) is 0. The summed E-state index contributed by atoms with van der Waals surface area (Å²) in [5, 5.41) is 3.61. The average molecular weight is 245 g/mol. The fourth-order valence-corrected chi connectivity index (χ4v) is 2.80. The maximum atomic E-state index is 4.32. The van der Waals surface area contributed by atoms with Gasteiger partial charge in [0.2, 0.25) is 0 Å². The second-order valence-corrected chi connectivity index (χ2v) is 5.85. The number of piperidine rings is 1. The van der Waals surface area contributed by atoms with Crippen molar-refractivity contribution in [3.8, 4) is 0 Å². The molecule has 2 heterocycles. The van der Waals surface area contributed by atoms with Gasteiger partial charge in [-0.15, -0.1) is 0 Å². The molecule has 1 atom stereocenters. The van der Waals surface area contributed by atoms with Crippen molar-refractivity contribution in [2.75, 3.05) is 18.0 Å². The van der Waals surface area contributed by atoms with Gasteiger partial charge in [-0.25, -0.2) is 0 Å². The zero-order valence-electron chi connectivity index (χ0n) is 11.2.